The van der Waals surface area contributed by atoms with Gasteiger partial charge < -0.3 is 4.74 Å². The predicted octanol–water partition coefficient (Wildman–Crippen LogP) is 3.22. The molecule has 1 heterocycles. The number of ether oxygens (including phenoxy) is 1. The Morgan fingerprint density at radius 2 is 2.27 bits per heavy atom. The SMILES string of the molecule is C#Cc1ccc(C)cc1C1OC1CCC. The number of epoxide rings is 1. The Labute approximate surface area is 91.5 Å². The minimum Gasteiger partial charge on any atom is -0.364 e. The van der Waals surface area contributed by atoms with Crippen LogP contribution < -0.4 is 0 Å². The van der Waals surface area contributed by atoms with Crippen LogP contribution in [0.4, 0.5) is 0 Å². The molecular formula is C14H16O. The quantitative estimate of drug-likeness (QED) is 0.539. The molecule has 1 aromatic rings. The van der Waals surface area contributed by atoms with Crippen molar-refractivity contribution in [3.8, 4) is 12.3 Å². The van der Waals surface area contributed by atoms with Crippen LogP contribution in [0.3, 0.4) is 0 Å². The number of hydrogen-bond donors (Lipinski definition) is 0. The smallest absolute Gasteiger partial charge is 0.110 e. The monoisotopic (exact) mass is 200 g/mol. The Hall–Kier alpha value is -1.26. The van der Waals surface area contributed by atoms with Gasteiger partial charge in [0.05, 0.1) is 6.10 Å². The Bertz CT molecular complexity index is 400. The molecule has 1 saturated heterocycles. The highest BCUT2D eigenvalue weighted by Gasteiger charge is 2.40. The molecule has 1 aliphatic heterocycles. The highest BCUT2D eigenvalue weighted by molar-refractivity contribution is 5.44. The van der Waals surface area contributed by atoms with Gasteiger partial charge in [-0.3, -0.25) is 0 Å². The van der Waals surface area contributed by atoms with Gasteiger partial charge in [-0.2, -0.15) is 0 Å². The van der Waals surface area contributed by atoms with E-state index in [0.29, 0.717) is 6.10 Å². The highest BCUT2D eigenvalue weighted by atomic mass is 16.6. The van der Waals surface area contributed by atoms with Crippen LogP contribution in [-0.4, -0.2) is 6.10 Å². The van der Waals surface area contributed by atoms with Gasteiger partial charge in [-0.15, -0.1) is 6.42 Å². The maximum Gasteiger partial charge on any atom is 0.110 e. The minimum atomic E-state index is 0.246. The maximum atomic E-state index is 5.65. The lowest BCUT2D eigenvalue weighted by molar-refractivity contribution is 0.364. The molecule has 0 aliphatic carbocycles. The molecule has 0 N–H and O–H groups in total. The molecule has 2 unspecified atom stereocenters. The lowest BCUT2D eigenvalue weighted by Crippen LogP contribution is -1.93. The third-order valence-corrected chi connectivity index (χ3v) is 2.82. The van der Waals surface area contributed by atoms with Gasteiger partial charge in [0, 0.05) is 5.56 Å². The summed E-state index contributed by atoms with van der Waals surface area (Å²) in [6.45, 7) is 4.26. The van der Waals surface area contributed by atoms with E-state index in [1.54, 1.807) is 0 Å². The molecule has 2 atom stereocenters. The van der Waals surface area contributed by atoms with Gasteiger partial charge in [0.25, 0.3) is 0 Å². The second-order valence-electron chi connectivity index (χ2n) is 4.12. The zero-order valence-corrected chi connectivity index (χ0v) is 9.29. The predicted molar refractivity (Wildman–Crippen MR) is 61.6 cm³/mol. The molecule has 78 valence electrons. The van der Waals surface area contributed by atoms with Crippen molar-refractivity contribution in [1.82, 2.24) is 0 Å². The van der Waals surface area contributed by atoms with Crippen LogP contribution >= 0.6 is 0 Å². The molecule has 1 fully saturated rings. The number of benzene rings is 1. The van der Waals surface area contributed by atoms with Crippen molar-refractivity contribution >= 4 is 0 Å². The summed E-state index contributed by atoms with van der Waals surface area (Å²) in [6, 6.07) is 6.21. The first-order valence-electron chi connectivity index (χ1n) is 5.49. The normalized spacial score (nSPS) is 23.5. The van der Waals surface area contributed by atoms with E-state index >= 15 is 0 Å². The van der Waals surface area contributed by atoms with E-state index in [0.717, 1.165) is 12.0 Å². The van der Waals surface area contributed by atoms with Crippen molar-refractivity contribution < 1.29 is 4.74 Å². The summed E-state index contributed by atoms with van der Waals surface area (Å²) >= 11 is 0. The highest BCUT2D eigenvalue weighted by Crippen LogP contribution is 2.42. The van der Waals surface area contributed by atoms with Gasteiger partial charge in [-0.05, 0) is 25.0 Å². The number of hydrogen-bond acceptors (Lipinski definition) is 1. The second kappa shape index (κ2) is 4.08. The zero-order valence-electron chi connectivity index (χ0n) is 9.29. The number of aryl methyl sites for hydroxylation is 1. The summed E-state index contributed by atoms with van der Waals surface area (Å²) in [5.41, 5.74) is 3.41. The van der Waals surface area contributed by atoms with E-state index < -0.39 is 0 Å². The Kier molecular flexibility index (Phi) is 2.79. The molecule has 1 heteroatoms. The first-order chi connectivity index (χ1) is 7.26. The van der Waals surface area contributed by atoms with Crippen LogP contribution in [0, 0.1) is 19.3 Å². The maximum absolute atomic E-state index is 5.65. The van der Waals surface area contributed by atoms with E-state index in [2.05, 4.69) is 31.9 Å². The standard InChI is InChI=1S/C14H16O/c1-4-6-13-14(15-13)12-9-10(3)7-8-11(12)5-2/h2,7-9,13-14H,4,6H2,1,3H3. The summed E-state index contributed by atoms with van der Waals surface area (Å²) in [7, 11) is 0. The van der Waals surface area contributed by atoms with Crippen molar-refractivity contribution in [1.29, 1.82) is 0 Å². The van der Waals surface area contributed by atoms with E-state index in [1.165, 1.54) is 17.5 Å². The molecule has 2 rings (SSSR count). The van der Waals surface area contributed by atoms with Crippen LogP contribution in [0.25, 0.3) is 0 Å². The molecule has 0 bridgehead atoms. The van der Waals surface area contributed by atoms with Crippen molar-refractivity contribution in [2.75, 3.05) is 0 Å². The average Bonchev–Trinajstić information content (AvgIpc) is 2.98. The Morgan fingerprint density at radius 3 is 2.93 bits per heavy atom. The number of terminal acetylenes is 1. The number of rotatable bonds is 3. The van der Waals surface area contributed by atoms with Crippen molar-refractivity contribution in [3.05, 3.63) is 34.9 Å². The van der Waals surface area contributed by atoms with E-state index in [-0.39, 0.29) is 6.10 Å². The van der Waals surface area contributed by atoms with Crippen LogP contribution in [0.2, 0.25) is 0 Å². The summed E-state index contributed by atoms with van der Waals surface area (Å²) in [5, 5.41) is 0. The van der Waals surface area contributed by atoms with Gasteiger partial charge in [0.15, 0.2) is 0 Å². The molecule has 0 saturated carbocycles. The topological polar surface area (TPSA) is 12.5 Å². The Morgan fingerprint density at radius 1 is 1.47 bits per heavy atom. The van der Waals surface area contributed by atoms with Gasteiger partial charge in [0.2, 0.25) is 0 Å². The lowest BCUT2D eigenvalue weighted by atomic mass is 9.99. The van der Waals surface area contributed by atoms with Gasteiger partial charge >= 0.3 is 0 Å². The Balaban J connectivity index is 2.22. The summed E-state index contributed by atoms with van der Waals surface area (Å²) in [6.07, 6.45) is 8.41. The third kappa shape index (κ3) is 2.06. The zero-order chi connectivity index (χ0) is 10.8. The molecular weight excluding hydrogens is 184 g/mol. The largest absolute Gasteiger partial charge is 0.364 e. The van der Waals surface area contributed by atoms with Crippen molar-refractivity contribution in [2.24, 2.45) is 0 Å². The molecule has 0 spiro atoms. The van der Waals surface area contributed by atoms with Gasteiger partial charge in [-0.25, -0.2) is 0 Å². The molecule has 1 nitrogen and oxygen atoms in total. The van der Waals surface area contributed by atoms with E-state index in [1.807, 2.05) is 6.07 Å². The first-order valence-corrected chi connectivity index (χ1v) is 5.49. The summed E-state index contributed by atoms with van der Waals surface area (Å²) in [4.78, 5) is 0. The van der Waals surface area contributed by atoms with Crippen LogP contribution in [0.5, 0.6) is 0 Å². The molecule has 0 radical (unpaired) electrons. The van der Waals surface area contributed by atoms with Gasteiger partial charge in [0.1, 0.15) is 6.10 Å². The summed E-state index contributed by atoms with van der Waals surface area (Å²) in [5.74, 6) is 2.73. The summed E-state index contributed by atoms with van der Waals surface area (Å²) < 4.78 is 5.65. The first kappa shape index (κ1) is 10.3. The molecule has 0 amide bonds. The fraction of sp³-hybridized carbons (Fsp3) is 0.429. The molecule has 0 aromatic heterocycles. The van der Waals surface area contributed by atoms with Crippen LogP contribution in [0.15, 0.2) is 18.2 Å². The van der Waals surface area contributed by atoms with Gasteiger partial charge in [-0.1, -0.05) is 37.0 Å². The minimum absolute atomic E-state index is 0.246. The van der Waals surface area contributed by atoms with E-state index in [9.17, 15) is 0 Å². The van der Waals surface area contributed by atoms with E-state index in [4.69, 9.17) is 11.2 Å². The fourth-order valence-electron chi connectivity index (χ4n) is 1.97. The fourth-order valence-corrected chi connectivity index (χ4v) is 1.97. The lowest BCUT2D eigenvalue weighted by Gasteiger charge is -2.02. The molecule has 1 aliphatic rings. The molecule has 1 aromatic carbocycles. The molecule has 15 heavy (non-hydrogen) atoms. The second-order valence-corrected chi connectivity index (χ2v) is 4.12. The average molecular weight is 200 g/mol. The van der Waals surface area contributed by atoms with Crippen molar-refractivity contribution in [2.45, 2.75) is 38.9 Å². The third-order valence-electron chi connectivity index (χ3n) is 2.82. The van der Waals surface area contributed by atoms with Crippen molar-refractivity contribution in [3.63, 3.8) is 0 Å². The van der Waals surface area contributed by atoms with Crippen LogP contribution in [-0.2, 0) is 4.74 Å². The van der Waals surface area contributed by atoms with Crippen LogP contribution in [0.1, 0.15) is 42.6 Å².